The molecule has 218 valence electrons. The van der Waals surface area contributed by atoms with Crippen LogP contribution >= 0.6 is 11.6 Å². The molecule has 0 bridgehead atoms. The van der Waals surface area contributed by atoms with Gasteiger partial charge in [0.15, 0.2) is 11.6 Å². The number of halogens is 2. The SMILES string of the molecule is CCN1C(=O)[C@H]2[C@H](CC=C3[C@H]2C[C@H]2C(=O)N(c4cccc(Cl)c4)C(=O)[C@@]2(c2ccccc2)[C@H]3c2ccc(O)c(F)c2)C1=O. The quantitative estimate of drug-likeness (QED) is 0.322. The zero-order chi connectivity index (χ0) is 30.2. The van der Waals surface area contributed by atoms with E-state index in [4.69, 9.17) is 11.6 Å². The number of nitrogens with zero attached hydrogens (tertiary/aromatic N) is 2. The number of carbonyl (C=O) groups is 4. The Labute approximate surface area is 252 Å². The molecule has 0 aromatic heterocycles. The Kier molecular flexibility index (Phi) is 6.32. The third-order valence-corrected chi connectivity index (χ3v) is 10.1. The smallest absolute Gasteiger partial charge is 0.246 e. The summed E-state index contributed by atoms with van der Waals surface area (Å²) in [5.41, 5.74) is 0.556. The molecular weight excluding hydrogens is 571 g/mol. The first-order chi connectivity index (χ1) is 20.7. The number of anilines is 1. The molecule has 7 rings (SSSR count). The van der Waals surface area contributed by atoms with E-state index < -0.39 is 58.4 Å². The monoisotopic (exact) mass is 598 g/mol. The zero-order valence-electron chi connectivity index (χ0n) is 23.2. The van der Waals surface area contributed by atoms with Gasteiger partial charge in [0.25, 0.3) is 0 Å². The zero-order valence-corrected chi connectivity index (χ0v) is 24.0. The number of fused-ring (bicyclic) bond motifs is 4. The third-order valence-electron chi connectivity index (χ3n) is 9.88. The molecule has 2 aliphatic carbocycles. The van der Waals surface area contributed by atoms with Crippen molar-refractivity contribution in [3.8, 4) is 5.75 Å². The maximum absolute atomic E-state index is 15.1. The van der Waals surface area contributed by atoms with Gasteiger partial charge in [-0.3, -0.25) is 24.1 Å². The summed E-state index contributed by atoms with van der Waals surface area (Å²) < 4.78 is 15.1. The molecule has 3 aromatic carbocycles. The molecule has 43 heavy (non-hydrogen) atoms. The number of carbonyl (C=O) groups excluding carboxylic acids is 4. The Hall–Kier alpha value is -4.30. The van der Waals surface area contributed by atoms with Crippen molar-refractivity contribution >= 4 is 40.9 Å². The third kappa shape index (κ3) is 3.72. The predicted octanol–water partition coefficient (Wildman–Crippen LogP) is 5.37. The van der Waals surface area contributed by atoms with E-state index in [2.05, 4.69) is 0 Å². The fourth-order valence-corrected chi connectivity index (χ4v) is 8.38. The van der Waals surface area contributed by atoms with Crippen LogP contribution < -0.4 is 4.90 Å². The number of aromatic hydroxyl groups is 1. The van der Waals surface area contributed by atoms with Crippen molar-refractivity contribution in [3.05, 3.63) is 106 Å². The molecular formula is C34H28ClFN2O5. The number of phenolic OH excluding ortho intramolecular Hbond substituents is 1. The van der Waals surface area contributed by atoms with Crippen molar-refractivity contribution in [1.82, 2.24) is 4.90 Å². The summed E-state index contributed by atoms with van der Waals surface area (Å²) in [5.74, 6) is -6.36. The van der Waals surface area contributed by atoms with Gasteiger partial charge in [-0.2, -0.15) is 0 Å². The number of hydrogen-bond donors (Lipinski definition) is 1. The Morgan fingerprint density at radius 3 is 2.40 bits per heavy atom. The van der Waals surface area contributed by atoms with Crippen molar-refractivity contribution in [3.63, 3.8) is 0 Å². The lowest BCUT2D eigenvalue weighted by Gasteiger charge is -2.50. The lowest BCUT2D eigenvalue weighted by Crippen LogP contribution is -2.53. The minimum atomic E-state index is -1.49. The number of imide groups is 2. The summed E-state index contributed by atoms with van der Waals surface area (Å²) >= 11 is 6.30. The van der Waals surface area contributed by atoms with Crippen molar-refractivity contribution in [2.75, 3.05) is 11.4 Å². The van der Waals surface area contributed by atoms with Crippen molar-refractivity contribution in [2.45, 2.75) is 31.1 Å². The van der Waals surface area contributed by atoms with Gasteiger partial charge in [0.05, 0.1) is 28.9 Å². The highest BCUT2D eigenvalue weighted by Crippen LogP contribution is 2.64. The van der Waals surface area contributed by atoms with Crippen molar-refractivity contribution < 1.29 is 28.7 Å². The van der Waals surface area contributed by atoms with Gasteiger partial charge in [-0.15, -0.1) is 0 Å². The molecule has 0 unspecified atom stereocenters. The van der Waals surface area contributed by atoms with Crippen LogP contribution in [0.1, 0.15) is 36.8 Å². The fraction of sp³-hybridized carbons (Fsp3) is 0.294. The number of hydrogen-bond acceptors (Lipinski definition) is 5. The highest BCUT2D eigenvalue weighted by Gasteiger charge is 2.70. The normalized spacial score (nSPS) is 29.8. The average molecular weight is 599 g/mol. The fourth-order valence-electron chi connectivity index (χ4n) is 8.20. The number of benzene rings is 3. The van der Waals surface area contributed by atoms with Gasteiger partial charge < -0.3 is 5.11 Å². The summed E-state index contributed by atoms with van der Waals surface area (Å²) in [6, 6.07) is 19.6. The topological polar surface area (TPSA) is 95.0 Å². The van der Waals surface area contributed by atoms with Crippen LogP contribution in [0.25, 0.3) is 0 Å². The lowest BCUT2D eigenvalue weighted by atomic mass is 9.49. The van der Waals surface area contributed by atoms with Crippen LogP contribution in [0.15, 0.2) is 84.4 Å². The minimum Gasteiger partial charge on any atom is -0.505 e. The van der Waals surface area contributed by atoms with Gasteiger partial charge in [0.1, 0.15) is 0 Å². The molecule has 3 aromatic rings. The molecule has 2 heterocycles. The second kappa shape index (κ2) is 9.88. The van der Waals surface area contributed by atoms with E-state index in [1.165, 1.54) is 21.9 Å². The molecule has 3 fully saturated rings. The average Bonchev–Trinajstić information content (AvgIpc) is 3.39. The second-order valence-corrected chi connectivity index (χ2v) is 12.2. The Balaban J connectivity index is 1.51. The van der Waals surface area contributed by atoms with Crippen molar-refractivity contribution in [1.29, 1.82) is 0 Å². The van der Waals surface area contributed by atoms with Gasteiger partial charge in [-0.25, -0.2) is 9.29 Å². The number of rotatable bonds is 4. The van der Waals surface area contributed by atoms with E-state index in [1.807, 2.05) is 12.1 Å². The number of amides is 4. The van der Waals surface area contributed by atoms with Gasteiger partial charge in [0.2, 0.25) is 23.6 Å². The highest BCUT2D eigenvalue weighted by atomic mass is 35.5. The lowest BCUT2D eigenvalue weighted by molar-refractivity contribution is -0.140. The Morgan fingerprint density at radius 1 is 0.930 bits per heavy atom. The van der Waals surface area contributed by atoms with E-state index in [0.29, 0.717) is 28.3 Å². The summed E-state index contributed by atoms with van der Waals surface area (Å²) in [6.07, 6.45) is 2.38. The molecule has 1 N–H and O–H groups in total. The Bertz CT molecular complexity index is 1740. The van der Waals surface area contributed by atoms with E-state index >= 15 is 4.39 Å². The first-order valence-corrected chi connectivity index (χ1v) is 14.8. The van der Waals surface area contributed by atoms with Crippen LogP contribution in [0.5, 0.6) is 5.75 Å². The maximum Gasteiger partial charge on any atom is 0.246 e. The first-order valence-electron chi connectivity index (χ1n) is 14.4. The molecule has 4 amide bonds. The summed E-state index contributed by atoms with van der Waals surface area (Å²) in [7, 11) is 0. The van der Waals surface area contributed by atoms with Crippen LogP contribution in [0.4, 0.5) is 10.1 Å². The molecule has 2 saturated heterocycles. The van der Waals surface area contributed by atoms with E-state index in [0.717, 1.165) is 5.57 Å². The standard InChI is InChI=1S/C34H28ClFN2O5/c1-2-37-30(40)23-13-12-22-24(28(23)32(37)42)17-25-31(41)38(21-10-6-9-20(35)16-21)33(43)34(25,19-7-4-3-5-8-19)29(22)18-11-14-27(39)26(36)15-18/h3-12,14-16,23-25,28-29,39H,2,13,17H2,1H3/t23-,24+,25-,28-,29-,34+/m0/s1. The molecule has 6 atom stereocenters. The molecule has 1 saturated carbocycles. The van der Waals surface area contributed by atoms with Gasteiger partial charge in [0, 0.05) is 17.5 Å². The van der Waals surface area contributed by atoms with Crippen LogP contribution in [-0.4, -0.2) is 40.2 Å². The molecule has 7 nitrogen and oxygen atoms in total. The van der Waals surface area contributed by atoms with Crippen LogP contribution in [0, 0.1) is 29.5 Å². The first kappa shape index (κ1) is 27.5. The van der Waals surface area contributed by atoms with Crippen LogP contribution in [-0.2, 0) is 24.6 Å². The number of phenols is 1. The van der Waals surface area contributed by atoms with Crippen LogP contribution in [0.3, 0.4) is 0 Å². The van der Waals surface area contributed by atoms with Gasteiger partial charge in [-0.05, 0) is 67.1 Å². The Morgan fingerprint density at radius 2 is 1.70 bits per heavy atom. The molecule has 4 aliphatic rings. The molecule has 2 aliphatic heterocycles. The molecule has 9 heteroatoms. The highest BCUT2D eigenvalue weighted by molar-refractivity contribution is 6.32. The second-order valence-electron chi connectivity index (χ2n) is 11.7. The summed E-state index contributed by atoms with van der Waals surface area (Å²) in [5, 5.41) is 10.4. The van der Waals surface area contributed by atoms with Gasteiger partial charge in [-0.1, -0.05) is 65.7 Å². The maximum atomic E-state index is 15.1. The molecule has 0 spiro atoms. The van der Waals surface area contributed by atoms with Crippen molar-refractivity contribution in [2.24, 2.45) is 23.7 Å². The number of likely N-dealkylation sites (tertiary alicyclic amines) is 1. The molecule has 0 radical (unpaired) electrons. The van der Waals surface area contributed by atoms with Crippen LogP contribution in [0.2, 0.25) is 5.02 Å². The summed E-state index contributed by atoms with van der Waals surface area (Å²) in [6.45, 7) is 2.00. The van der Waals surface area contributed by atoms with Gasteiger partial charge >= 0.3 is 0 Å². The van der Waals surface area contributed by atoms with E-state index in [9.17, 15) is 24.3 Å². The summed E-state index contributed by atoms with van der Waals surface area (Å²) in [4.78, 5) is 58.9. The predicted molar refractivity (Wildman–Crippen MR) is 157 cm³/mol. The largest absolute Gasteiger partial charge is 0.505 e. The van der Waals surface area contributed by atoms with E-state index in [1.54, 1.807) is 61.5 Å². The van der Waals surface area contributed by atoms with E-state index in [-0.39, 0.29) is 24.8 Å². The number of allylic oxidation sites excluding steroid dienone is 2. The minimum absolute atomic E-state index is 0.164.